The quantitative estimate of drug-likeness (QED) is 0.690. The third kappa shape index (κ3) is 2.36. The number of aliphatic hydroxyl groups is 1. The summed E-state index contributed by atoms with van der Waals surface area (Å²) < 4.78 is 0. The summed E-state index contributed by atoms with van der Waals surface area (Å²) in [6.45, 7) is 1.49. The molecule has 0 unspecified atom stereocenters. The molecule has 0 aliphatic carbocycles. The van der Waals surface area contributed by atoms with Crippen LogP contribution in [-0.4, -0.2) is 11.0 Å². The van der Waals surface area contributed by atoms with Crippen molar-refractivity contribution in [3.05, 3.63) is 29.8 Å². The largest absolute Gasteiger partial charge is 0.392 e. The second kappa shape index (κ2) is 3.88. The maximum atomic E-state index is 10.6. The molecule has 1 aromatic rings. The molecule has 3 heteroatoms. The first-order valence-corrected chi connectivity index (χ1v) is 3.70. The Bertz CT molecular complexity index is 266. The molecule has 3 nitrogen and oxygen atoms in total. The Labute approximate surface area is 71.0 Å². The summed E-state index contributed by atoms with van der Waals surface area (Å²) in [6, 6.07) is 7.05. The monoisotopic (exact) mass is 165 g/mol. The molecule has 2 N–H and O–H groups in total. The van der Waals surface area contributed by atoms with Gasteiger partial charge in [0.2, 0.25) is 5.91 Å². The predicted molar refractivity (Wildman–Crippen MR) is 46.7 cm³/mol. The van der Waals surface area contributed by atoms with Gasteiger partial charge < -0.3 is 10.4 Å². The Hall–Kier alpha value is -1.35. The van der Waals surface area contributed by atoms with Crippen molar-refractivity contribution in [3.63, 3.8) is 0 Å². The zero-order valence-electron chi connectivity index (χ0n) is 6.87. The normalized spacial score (nSPS) is 9.50. The molecule has 0 aliphatic rings. The van der Waals surface area contributed by atoms with Gasteiger partial charge in [0.25, 0.3) is 0 Å². The van der Waals surface area contributed by atoms with Crippen molar-refractivity contribution in [1.82, 2.24) is 0 Å². The van der Waals surface area contributed by atoms with Crippen LogP contribution >= 0.6 is 0 Å². The highest BCUT2D eigenvalue weighted by molar-refractivity contribution is 5.88. The molecular formula is C9H11NO2. The van der Waals surface area contributed by atoms with Gasteiger partial charge in [-0.1, -0.05) is 12.1 Å². The zero-order valence-corrected chi connectivity index (χ0v) is 6.87. The van der Waals surface area contributed by atoms with Crippen LogP contribution in [0.2, 0.25) is 0 Å². The third-order valence-electron chi connectivity index (χ3n) is 1.46. The van der Waals surface area contributed by atoms with Gasteiger partial charge in [0.1, 0.15) is 0 Å². The molecule has 0 radical (unpaired) electrons. The molecule has 1 aromatic carbocycles. The fraction of sp³-hybridized carbons (Fsp3) is 0.222. The van der Waals surface area contributed by atoms with Crippen LogP contribution in [0.4, 0.5) is 5.69 Å². The summed E-state index contributed by atoms with van der Waals surface area (Å²) in [6.07, 6.45) is 0. The highest BCUT2D eigenvalue weighted by Crippen LogP contribution is 2.08. The van der Waals surface area contributed by atoms with E-state index in [4.69, 9.17) is 5.11 Å². The predicted octanol–water partition coefficient (Wildman–Crippen LogP) is 1.14. The van der Waals surface area contributed by atoms with Crippen LogP contribution in [-0.2, 0) is 11.4 Å². The SMILES string of the molecule is CC(=O)Nc1ccc(CO)cc1. The second-order valence-electron chi connectivity index (χ2n) is 2.54. The van der Waals surface area contributed by atoms with E-state index in [1.165, 1.54) is 6.92 Å². The minimum Gasteiger partial charge on any atom is -0.392 e. The van der Waals surface area contributed by atoms with Crippen LogP contribution in [0.1, 0.15) is 12.5 Å². The van der Waals surface area contributed by atoms with E-state index < -0.39 is 0 Å². The van der Waals surface area contributed by atoms with Crippen molar-refractivity contribution in [2.75, 3.05) is 5.32 Å². The standard InChI is InChI=1S/C9H11NO2/c1-7(12)10-9-4-2-8(6-11)3-5-9/h2-5,11H,6H2,1H3,(H,10,12). The summed E-state index contributed by atoms with van der Waals surface area (Å²) in [5.74, 6) is -0.0910. The second-order valence-corrected chi connectivity index (χ2v) is 2.54. The van der Waals surface area contributed by atoms with Crippen LogP contribution in [0, 0.1) is 0 Å². The number of amides is 1. The van der Waals surface area contributed by atoms with E-state index in [-0.39, 0.29) is 12.5 Å². The summed E-state index contributed by atoms with van der Waals surface area (Å²) in [5.41, 5.74) is 1.59. The molecule has 64 valence electrons. The molecule has 0 aliphatic heterocycles. The Morgan fingerprint density at radius 1 is 1.42 bits per heavy atom. The van der Waals surface area contributed by atoms with E-state index >= 15 is 0 Å². The van der Waals surface area contributed by atoms with Crippen LogP contribution < -0.4 is 5.32 Å². The molecule has 1 amide bonds. The van der Waals surface area contributed by atoms with Crippen molar-refractivity contribution in [3.8, 4) is 0 Å². The summed E-state index contributed by atoms with van der Waals surface area (Å²) >= 11 is 0. The molecule has 12 heavy (non-hydrogen) atoms. The lowest BCUT2D eigenvalue weighted by atomic mass is 10.2. The zero-order chi connectivity index (χ0) is 8.97. The van der Waals surface area contributed by atoms with Crippen molar-refractivity contribution in [2.45, 2.75) is 13.5 Å². The molecule has 0 spiro atoms. The number of carbonyl (C=O) groups excluding carboxylic acids is 1. The van der Waals surface area contributed by atoms with Crippen LogP contribution in [0.5, 0.6) is 0 Å². The van der Waals surface area contributed by atoms with Crippen LogP contribution in [0.25, 0.3) is 0 Å². The lowest BCUT2D eigenvalue weighted by molar-refractivity contribution is -0.114. The Morgan fingerprint density at radius 3 is 2.42 bits per heavy atom. The van der Waals surface area contributed by atoms with Crippen molar-refractivity contribution in [1.29, 1.82) is 0 Å². The molecule has 0 saturated heterocycles. The van der Waals surface area contributed by atoms with E-state index in [1.54, 1.807) is 24.3 Å². The van der Waals surface area contributed by atoms with E-state index in [1.807, 2.05) is 0 Å². The van der Waals surface area contributed by atoms with Crippen molar-refractivity contribution in [2.24, 2.45) is 0 Å². The van der Waals surface area contributed by atoms with Crippen LogP contribution in [0.3, 0.4) is 0 Å². The summed E-state index contributed by atoms with van der Waals surface area (Å²) in [5, 5.41) is 11.4. The van der Waals surface area contributed by atoms with Gasteiger partial charge in [-0.2, -0.15) is 0 Å². The van der Waals surface area contributed by atoms with E-state index in [0.29, 0.717) is 0 Å². The van der Waals surface area contributed by atoms with Gasteiger partial charge in [-0.25, -0.2) is 0 Å². The number of rotatable bonds is 2. The maximum absolute atomic E-state index is 10.6. The lowest BCUT2D eigenvalue weighted by Gasteiger charge is -2.01. The first kappa shape index (κ1) is 8.74. The number of carbonyl (C=O) groups is 1. The van der Waals surface area contributed by atoms with Gasteiger partial charge >= 0.3 is 0 Å². The number of nitrogens with one attached hydrogen (secondary N) is 1. The molecule has 0 aromatic heterocycles. The van der Waals surface area contributed by atoms with Crippen LogP contribution in [0.15, 0.2) is 24.3 Å². The van der Waals surface area contributed by atoms with Gasteiger partial charge in [-0.05, 0) is 17.7 Å². The highest BCUT2D eigenvalue weighted by atomic mass is 16.3. The number of anilines is 1. The maximum Gasteiger partial charge on any atom is 0.221 e. The van der Waals surface area contributed by atoms with Gasteiger partial charge in [0.05, 0.1) is 6.61 Å². The first-order valence-electron chi connectivity index (χ1n) is 3.70. The first-order chi connectivity index (χ1) is 5.72. The van der Waals surface area contributed by atoms with Gasteiger partial charge in [0, 0.05) is 12.6 Å². The van der Waals surface area contributed by atoms with Gasteiger partial charge in [0.15, 0.2) is 0 Å². The van der Waals surface area contributed by atoms with Crippen molar-refractivity contribution < 1.29 is 9.90 Å². The Morgan fingerprint density at radius 2 is 2.00 bits per heavy atom. The third-order valence-corrected chi connectivity index (χ3v) is 1.46. The lowest BCUT2D eigenvalue weighted by Crippen LogP contribution is -2.05. The number of benzene rings is 1. The number of hydrogen-bond donors (Lipinski definition) is 2. The number of aliphatic hydroxyl groups excluding tert-OH is 1. The molecule has 0 fully saturated rings. The minimum absolute atomic E-state index is 0.0281. The van der Waals surface area contributed by atoms with Gasteiger partial charge in [-0.3, -0.25) is 4.79 Å². The summed E-state index contributed by atoms with van der Waals surface area (Å²) in [4.78, 5) is 10.6. The highest BCUT2D eigenvalue weighted by Gasteiger charge is 1.94. The topological polar surface area (TPSA) is 49.3 Å². The molecule has 0 bridgehead atoms. The van der Waals surface area contributed by atoms with E-state index in [9.17, 15) is 4.79 Å². The average molecular weight is 165 g/mol. The Balaban J connectivity index is 2.71. The van der Waals surface area contributed by atoms with Gasteiger partial charge in [-0.15, -0.1) is 0 Å². The minimum atomic E-state index is -0.0910. The molecule has 0 heterocycles. The molecule has 0 saturated carbocycles. The van der Waals surface area contributed by atoms with Crippen molar-refractivity contribution >= 4 is 11.6 Å². The summed E-state index contributed by atoms with van der Waals surface area (Å²) in [7, 11) is 0. The van der Waals surface area contributed by atoms with E-state index in [0.717, 1.165) is 11.3 Å². The average Bonchev–Trinajstić information content (AvgIpc) is 2.05. The molecule has 1 rings (SSSR count). The number of hydrogen-bond acceptors (Lipinski definition) is 2. The molecule has 0 atom stereocenters. The Kier molecular flexibility index (Phi) is 2.82. The van der Waals surface area contributed by atoms with E-state index in [2.05, 4.69) is 5.32 Å². The smallest absolute Gasteiger partial charge is 0.221 e. The molecular weight excluding hydrogens is 154 g/mol. The fourth-order valence-corrected chi connectivity index (χ4v) is 0.897. The fourth-order valence-electron chi connectivity index (χ4n) is 0.897.